The van der Waals surface area contributed by atoms with Gasteiger partial charge in [-0.15, -0.1) is 0 Å². The van der Waals surface area contributed by atoms with Gasteiger partial charge in [-0.3, -0.25) is 9.48 Å². The number of benzene rings is 2. The van der Waals surface area contributed by atoms with E-state index in [9.17, 15) is 9.18 Å². The number of nitrogens with zero attached hydrogens (tertiary/aromatic N) is 2. The van der Waals surface area contributed by atoms with E-state index in [1.807, 2.05) is 19.1 Å². The molecule has 0 aliphatic carbocycles. The molecule has 7 heteroatoms. The number of halogens is 1. The molecule has 2 aromatic carbocycles. The van der Waals surface area contributed by atoms with Crippen molar-refractivity contribution in [1.29, 1.82) is 0 Å². The molecule has 0 bridgehead atoms. The van der Waals surface area contributed by atoms with Crippen LogP contribution in [0.2, 0.25) is 0 Å². The summed E-state index contributed by atoms with van der Waals surface area (Å²) < 4.78 is 27.2. The molecule has 1 atom stereocenters. The van der Waals surface area contributed by atoms with Crippen LogP contribution in [-0.4, -0.2) is 15.7 Å². The van der Waals surface area contributed by atoms with Gasteiger partial charge >= 0.3 is 0 Å². The zero-order chi connectivity index (χ0) is 24.9. The van der Waals surface area contributed by atoms with Crippen molar-refractivity contribution < 1.29 is 18.3 Å². The molecule has 4 rings (SSSR count). The molecule has 0 saturated heterocycles. The van der Waals surface area contributed by atoms with Gasteiger partial charge in [0.1, 0.15) is 23.9 Å². The second-order valence-electron chi connectivity index (χ2n) is 8.68. The summed E-state index contributed by atoms with van der Waals surface area (Å²) in [5, 5.41) is 7.34. The molecule has 1 N–H and O–H groups in total. The van der Waals surface area contributed by atoms with Gasteiger partial charge in [0, 0.05) is 5.56 Å². The van der Waals surface area contributed by atoms with Gasteiger partial charge in [0.05, 0.1) is 23.6 Å². The molecule has 0 fully saturated rings. The molecule has 2 aromatic heterocycles. The number of aromatic nitrogens is 2. The van der Waals surface area contributed by atoms with Crippen molar-refractivity contribution in [3.8, 4) is 5.75 Å². The monoisotopic (exact) mass is 475 g/mol. The lowest BCUT2D eigenvalue weighted by Gasteiger charge is -2.10. The van der Waals surface area contributed by atoms with Crippen molar-refractivity contribution >= 4 is 11.6 Å². The van der Waals surface area contributed by atoms with Crippen LogP contribution < -0.4 is 10.1 Å². The second-order valence-corrected chi connectivity index (χ2v) is 8.68. The fourth-order valence-electron chi connectivity index (χ4n) is 3.86. The van der Waals surface area contributed by atoms with E-state index in [-0.39, 0.29) is 30.6 Å². The fourth-order valence-corrected chi connectivity index (χ4v) is 3.86. The lowest BCUT2D eigenvalue weighted by Crippen LogP contribution is -2.12. The largest absolute Gasteiger partial charge is 0.486 e. The second kappa shape index (κ2) is 10.6. The third-order valence-electron chi connectivity index (χ3n) is 6.23. The Balaban J connectivity index is 1.38. The summed E-state index contributed by atoms with van der Waals surface area (Å²) in [5.41, 5.74) is 3.76. The maximum Gasteiger partial charge on any atom is 0.291 e. The van der Waals surface area contributed by atoms with Crippen molar-refractivity contribution in [2.75, 3.05) is 5.32 Å². The number of carbonyl (C=O) groups excluding carboxylic acids is 1. The van der Waals surface area contributed by atoms with E-state index in [0.29, 0.717) is 28.6 Å². The lowest BCUT2D eigenvalue weighted by atomic mass is 9.99. The predicted octanol–water partition coefficient (Wildman–Crippen LogP) is 6.63. The predicted molar refractivity (Wildman–Crippen MR) is 133 cm³/mol. The molecular formula is C28H30FN3O3. The first-order chi connectivity index (χ1) is 16.9. The normalized spacial score (nSPS) is 11.9. The van der Waals surface area contributed by atoms with Gasteiger partial charge in [-0.2, -0.15) is 5.10 Å². The highest BCUT2D eigenvalue weighted by Gasteiger charge is 2.18. The van der Waals surface area contributed by atoms with Gasteiger partial charge < -0.3 is 14.5 Å². The number of anilines is 1. The van der Waals surface area contributed by atoms with E-state index in [2.05, 4.69) is 36.4 Å². The minimum atomic E-state index is -0.384. The summed E-state index contributed by atoms with van der Waals surface area (Å²) in [6.07, 6.45) is 1.09. The summed E-state index contributed by atoms with van der Waals surface area (Å²) in [6, 6.07) is 18.0. The topological polar surface area (TPSA) is 69.3 Å². The third kappa shape index (κ3) is 5.62. The number of hydrogen-bond donors (Lipinski definition) is 1. The van der Waals surface area contributed by atoms with E-state index < -0.39 is 0 Å². The van der Waals surface area contributed by atoms with Gasteiger partial charge in [-0.05, 0) is 62.1 Å². The van der Waals surface area contributed by atoms with Crippen LogP contribution in [0.5, 0.6) is 5.75 Å². The van der Waals surface area contributed by atoms with Crippen LogP contribution in [0.15, 0.2) is 65.1 Å². The van der Waals surface area contributed by atoms with Gasteiger partial charge in [0.2, 0.25) is 0 Å². The minimum Gasteiger partial charge on any atom is -0.486 e. The Bertz CT molecular complexity index is 1310. The molecule has 1 amide bonds. The first kappa shape index (κ1) is 24.3. The average Bonchev–Trinajstić information content (AvgIpc) is 3.44. The molecule has 0 saturated carbocycles. The number of aryl methyl sites for hydroxylation is 1. The number of carbonyl (C=O) groups is 1. The van der Waals surface area contributed by atoms with Gasteiger partial charge in [-0.25, -0.2) is 4.39 Å². The molecule has 182 valence electrons. The standard InChI is InChI=1S/C28H30FN3O3/c1-5-18(2)21-10-12-23(13-11-21)34-17-24-14-15-26(35-24)28(33)30-27-19(3)31-32(20(27)4)16-22-8-6-7-9-25(22)29/h6-15,18H,5,16-17H2,1-4H3,(H,30,33). The Morgan fingerprint density at radius 1 is 1.11 bits per heavy atom. The summed E-state index contributed by atoms with van der Waals surface area (Å²) in [6.45, 7) is 8.49. The summed E-state index contributed by atoms with van der Waals surface area (Å²) >= 11 is 0. The highest BCUT2D eigenvalue weighted by Crippen LogP contribution is 2.24. The van der Waals surface area contributed by atoms with Crippen LogP contribution >= 0.6 is 0 Å². The number of nitrogens with one attached hydrogen (secondary N) is 1. The lowest BCUT2D eigenvalue weighted by molar-refractivity contribution is 0.0992. The van der Waals surface area contributed by atoms with Crippen molar-refractivity contribution in [2.45, 2.75) is 53.2 Å². The van der Waals surface area contributed by atoms with E-state index >= 15 is 0 Å². The number of amides is 1. The minimum absolute atomic E-state index is 0.177. The highest BCUT2D eigenvalue weighted by molar-refractivity contribution is 6.02. The maximum absolute atomic E-state index is 14.1. The summed E-state index contributed by atoms with van der Waals surface area (Å²) in [7, 11) is 0. The van der Waals surface area contributed by atoms with Crippen LogP contribution in [0.4, 0.5) is 10.1 Å². The molecule has 4 aromatic rings. The van der Waals surface area contributed by atoms with E-state index in [1.54, 1.807) is 41.9 Å². The first-order valence-corrected chi connectivity index (χ1v) is 11.8. The third-order valence-corrected chi connectivity index (χ3v) is 6.23. The van der Waals surface area contributed by atoms with Gasteiger partial charge in [0.15, 0.2) is 5.76 Å². The summed E-state index contributed by atoms with van der Waals surface area (Å²) in [4.78, 5) is 12.8. The average molecular weight is 476 g/mol. The van der Waals surface area contributed by atoms with Crippen molar-refractivity contribution in [1.82, 2.24) is 9.78 Å². The Hall–Kier alpha value is -3.87. The van der Waals surface area contributed by atoms with Crippen LogP contribution in [-0.2, 0) is 13.2 Å². The number of rotatable bonds is 9. The van der Waals surface area contributed by atoms with Crippen LogP contribution in [0.1, 0.15) is 65.0 Å². The van der Waals surface area contributed by atoms with Crippen molar-refractivity contribution in [3.63, 3.8) is 0 Å². The smallest absolute Gasteiger partial charge is 0.291 e. The molecule has 6 nitrogen and oxygen atoms in total. The van der Waals surface area contributed by atoms with E-state index in [0.717, 1.165) is 17.9 Å². The molecule has 1 unspecified atom stereocenters. The Labute approximate surface area is 204 Å². The Morgan fingerprint density at radius 3 is 2.57 bits per heavy atom. The fraction of sp³-hybridized carbons (Fsp3) is 0.286. The van der Waals surface area contributed by atoms with E-state index in [4.69, 9.17) is 9.15 Å². The highest BCUT2D eigenvalue weighted by atomic mass is 19.1. The Kier molecular flexibility index (Phi) is 7.34. The molecule has 2 heterocycles. The zero-order valence-corrected chi connectivity index (χ0v) is 20.5. The molecule has 35 heavy (non-hydrogen) atoms. The van der Waals surface area contributed by atoms with Crippen LogP contribution in [0.25, 0.3) is 0 Å². The SMILES string of the molecule is CCC(C)c1ccc(OCc2ccc(C(=O)Nc3c(C)nn(Cc4ccccc4F)c3C)o2)cc1. The molecule has 0 aliphatic rings. The zero-order valence-electron chi connectivity index (χ0n) is 20.5. The van der Waals surface area contributed by atoms with Gasteiger partial charge in [0.25, 0.3) is 5.91 Å². The molecule has 0 radical (unpaired) electrons. The first-order valence-electron chi connectivity index (χ1n) is 11.8. The maximum atomic E-state index is 14.1. The summed E-state index contributed by atoms with van der Waals surface area (Å²) in [5.74, 6) is 1.30. The van der Waals surface area contributed by atoms with E-state index in [1.165, 1.54) is 11.6 Å². The van der Waals surface area contributed by atoms with Crippen LogP contribution in [0.3, 0.4) is 0 Å². The van der Waals surface area contributed by atoms with Crippen molar-refractivity contribution in [2.24, 2.45) is 0 Å². The molecular weight excluding hydrogens is 445 g/mol. The molecule has 0 spiro atoms. The molecule has 0 aliphatic heterocycles. The number of hydrogen-bond acceptors (Lipinski definition) is 4. The number of ether oxygens (including phenoxy) is 1. The van der Waals surface area contributed by atoms with Gasteiger partial charge in [-0.1, -0.05) is 44.2 Å². The van der Waals surface area contributed by atoms with Crippen LogP contribution in [0, 0.1) is 19.7 Å². The quantitative estimate of drug-likeness (QED) is 0.295. The number of furan rings is 1. The Morgan fingerprint density at radius 2 is 1.86 bits per heavy atom. The van der Waals surface area contributed by atoms with Crippen molar-refractivity contribution in [3.05, 3.63) is 101 Å².